The zero-order chi connectivity index (χ0) is 12.7. The number of rotatable bonds is 2. The number of para-hydroxylation sites is 1. The number of ether oxygens (including phenoxy) is 1. The molecule has 2 heterocycles. The van der Waals surface area contributed by atoms with Crippen molar-refractivity contribution in [2.75, 3.05) is 0 Å². The highest BCUT2D eigenvalue weighted by Gasteiger charge is 2.30. The molecule has 0 saturated heterocycles. The first kappa shape index (κ1) is 13.0. The van der Waals surface area contributed by atoms with Crippen LogP contribution in [-0.4, -0.2) is 6.10 Å². The van der Waals surface area contributed by atoms with Gasteiger partial charge in [0, 0.05) is 15.8 Å². The Labute approximate surface area is 131 Å². The average Bonchev–Trinajstić information content (AvgIpc) is 2.93. The number of alkyl halides is 1. The highest BCUT2D eigenvalue weighted by atomic mass is 79.9. The smallest absolute Gasteiger partial charge is 0.123 e. The van der Waals surface area contributed by atoms with Crippen LogP contribution in [0, 0.1) is 0 Å². The molecule has 0 bridgehead atoms. The zero-order valence-corrected chi connectivity index (χ0v) is 13.9. The fourth-order valence-electron chi connectivity index (χ4n) is 2.05. The standard InChI is InChI=1S/C13H9Br2ClOS/c14-8-6-11(18-13(8)16)12(15)10-5-7-3-1-2-4-9(7)17-10/h1-4,6,10,12H,5H2. The van der Waals surface area contributed by atoms with Crippen LogP contribution in [0.25, 0.3) is 0 Å². The van der Waals surface area contributed by atoms with E-state index in [-0.39, 0.29) is 10.9 Å². The second-order valence-electron chi connectivity index (χ2n) is 4.14. The maximum Gasteiger partial charge on any atom is 0.123 e. The van der Waals surface area contributed by atoms with Gasteiger partial charge in [0.25, 0.3) is 0 Å². The van der Waals surface area contributed by atoms with Crippen molar-refractivity contribution in [1.82, 2.24) is 0 Å². The van der Waals surface area contributed by atoms with Gasteiger partial charge in [0.15, 0.2) is 0 Å². The highest BCUT2D eigenvalue weighted by molar-refractivity contribution is 9.10. The number of benzene rings is 1. The van der Waals surface area contributed by atoms with Crippen molar-refractivity contribution < 1.29 is 4.74 Å². The van der Waals surface area contributed by atoms with Crippen molar-refractivity contribution in [1.29, 1.82) is 0 Å². The SMILES string of the molecule is Clc1sc(C(Br)C2Cc3ccccc3O2)cc1Br. The minimum absolute atomic E-state index is 0.129. The van der Waals surface area contributed by atoms with E-state index >= 15 is 0 Å². The quantitative estimate of drug-likeness (QED) is 0.588. The van der Waals surface area contributed by atoms with Gasteiger partial charge in [0.2, 0.25) is 0 Å². The number of fused-ring (bicyclic) bond motifs is 1. The summed E-state index contributed by atoms with van der Waals surface area (Å²) in [5, 5.41) is 0. The van der Waals surface area contributed by atoms with Gasteiger partial charge in [-0.3, -0.25) is 0 Å². The largest absolute Gasteiger partial charge is 0.488 e. The van der Waals surface area contributed by atoms with Gasteiger partial charge in [-0.25, -0.2) is 0 Å². The Balaban J connectivity index is 1.82. The number of halogens is 3. The lowest BCUT2D eigenvalue weighted by atomic mass is 10.1. The lowest BCUT2D eigenvalue weighted by molar-refractivity contribution is 0.233. The van der Waals surface area contributed by atoms with E-state index in [9.17, 15) is 0 Å². The molecule has 3 rings (SSSR count). The molecule has 2 atom stereocenters. The Kier molecular flexibility index (Phi) is 3.72. The maximum atomic E-state index is 6.08. The molecule has 2 unspecified atom stereocenters. The first-order chi connectivity index (χ1) is 8.65. The van der Waals surface area contributed by atoms with Gasteiger partial charge in [-0.2, -0.15) is 0 Å². The van der Waals surface area contributed by atoms with Crippen LogP contribution in [0.4, 0.5) is 0 Å². The van der Waals surface area contributed by atoms with Crippen molar-refractivity contribution in [3.63, 3.8) is 0 Å². The molecule has 1 aliphatic rings. The van der Waals surface area contributed by atoms with E-state index < -0.39 is 0 Å². The molecule has 1 aliphatic heterocycles. The van der Waals surface area contributed by atoms with E-state index in [2.05, 4.69) is 44.0 Å². The molecular formula is C13H9Br2ClOS. The third-order valence-corrected chi connectivity index (χ3v) is 6.88. The first-order valence-corrected chi connectivity index (χ1v) is 8.39. The molecule has 0 spiro atoms. The molecule has 0 aliphatic carbocycles. The second kappa shape index (κ2) is 5.16. The molecule has 0 fully saturated rings. The number of thiophene rings is 1. The summed E-state index contributed by atoms with van der Waals surface area (Å²) in [7, 11) is 0. The molecule has 0 N–H and O–H groups in total. The Morgan fingerprint density at radius 3 is 2.83 bits per heavy atom. The molecule has 1 aromatic heterocycles. The van der Waals surface area contributed by atoms with Crippen LogP contribution in [0.15, 0.2) is 34.8 Å². The van der Waals surface area contributed by atoms with Gasteiger partial charge in [0.1, 0.15) is 16.2 Å². The summed E-state index contributed by atoms with van der Waals surface area (Å²) in [6, 6.07) is 10.2. The van der Waals surface area contributed by atoms with Crippen molar-refractivity contribution in [3.05, 3.63) is 49.6 Å². The molecule has 94 valence electrons. The average molecular weight is 409 g/mol. The minimum atomic E-state index is 0.129. The summed E-state index contributed by atoms with van der Waals surface area (Å²) >= 11 is 14.8. The summed E-state index contributed by atoms with van der Waals surface area (Å²) < 4.78 is 7.70. The van der Waals surface area contributed by atoms with Crippen LogP contribution >= 0.6 is 54.8 Å². The lowest BCUT2D eigenvalue weighted by Gasteiger charge is -2.16. The zero-order valence-electron chi connectivity index (χ0n) is 9.20. The molecule has 1 aromatic carbocycles. The van der Waals surface area contributed by atoms with Crippen molar-refractivity contribution in [2.24, 2.45) is 0 Å². The van der Waals surface area contributed by atoms with E-state index in [0.717, 1.165) is 21.0 Å². The summed E-state index contributed by atoms with van der Waals surface area (Å²) in [6.45, 7) is 0. The second-order valence-corrected chi connectivity index (χ2v) is 7.67. The van der Waals surface area contributed by atoms with Gasteiger partial charge in [-0.1, -0.05) is 45.7 Å². The summed E-state index contributed by atoms with van der Waals surface area (Å²) in [6.07, 6.45) is 1.06. The van der Waals surface area contributed by atoms with E-state index in [4.69, 9.17) is 16.3 Å². The fraction of sp³-hybridized carbons (Fsp3) is 0.231. The van der Waals surface area contributed by atoms with Crippen LogP contribution in [-0.2, 0) is 6.42 Å². The summed E-state index contributed by atoms with van der Waals surface area (Å²) in [4.78, 5) is 1.35. The van der Waals surface area contributed by atoms with Crippen molar-refractivity contribution >= 4 is 54.8 Å². The normalized spacial score (nSPS) is 19.4. The Bertz CT molecular complexity index is 540. The van der Waals surface area contributed by atoms with Gasteiger partial charge < -0.3 is 4.74 Å². The molecule has 0 amide bonds. The van der Waals surface area contributed by atoms with Crippen LogP contribution in [0.1, 0.15) is 15.3 Å². The van der Waals surface area contributed by atoms with Crippen LogP contribution in [0.2, 0.25) is 4.34 Å². The highest BCUT2D eigenvalue weighted by Crippen LogP contribution is 2.43. The van der Waals surface area contributed by atoms with Crippen molar-refractivity contribution in [3.8, 4) is 5.75 Å². The lowest BCUT2D eigenvalue weighted by Crippen LogP contribution is -2.18. The van der Waals surface area contributed by atoms with Crippen LogP contribution < -0.4 is 4.74 Å². The van der Waals surface area contributed by atoms with Gasteiger partial charge in [-0.15, -0.1) is 11.3 Å². The minimum Gasteiger partial charge on any atom is -0.488 e. The topological polar surface area (TPSA) is 9.23 Å². The first-order valence-electron chi connectivity index (χ1n) is 5.48. The number of hydrogen-bond donors (Lipinski definition) is 0. The summed E-state index contributed by atoms with van der Waals surface area (Å²) in [5.74, 6) is 0.994. The third kappa shape index (κ3) is 2.36. The van der Waals surface area contributed by atoms with Gasteiger partial charge in [0.05, 0.1) is 4.83 Å². The maximum absolute atomic E-state index is 6.08. The Hall–Kier alpha value is -0.0300. The van der Waals surface area contributed by atoms with E-state index in [1.165, 1.54) is 10.4 Å². The van der Waals surface area contributed by atoms with Crippen LogP contribution in [0.5, 0.6) is 5.75 Å². The molecule has 1 nitrogen and oxygen atoms in total. The summed E-state index contributed by atoms with van der Waals surface area (Å²) in [5.41, 5.74) is 1.27. The molecule has 2 aromatic rings. The van der Waals surface area contributed by atoms with Gasteiger partial charge in [-0.05, 0) is 33.6 Å². The molecular weight excluding hydrogens is 399 g/mol. The van der Waals surface area contributed by atoms with E-state index in [1.54, 1.807) is 11.3 Å². The molecule has 5 heteroatoms. The van der Waals surface area contributed by atoms with E-state index in [0.29, 0.717) is 0 Å². The third-order valence-electron chi connectivity index (χ3n) is 2.93. The van der Waals surface area contributed by atoms with E-state index in [1.807, 2.05) is 18.2 Å². The Morgan fingerprint density at radius 2 is 2.17 bits per heavy atom. The van der Waals surface area contributed by atoms with Crippen molar-refractivity contribution in [2.45, 2.75) is 17.4 Å². The number of hydrogen-bond acceptors (Lipinski definition) is 2. The molecule has 0 radical (unpaired) electrons. The predicted octanol–water partition coefficient (Wildman–Crippen LogP) is 5.60. The Morgan fingerprint density at radius 1 is 1.39 bits per heavy atom. The van der Waals surface area contributed by atoms with Crippen LogP contribution in [0.3, 0.4) is 0 Å². The van der Waals surface area contributed by atoms with Gasteiger partial charge >= 0.3 is 0 Å². The molecule has 0 saturated carbocycles. The monoisotopic (exact) mass is 406 g/mol. The fourth-order valence-corrected chi connectivity index (χ4v) is 4.53. The predicted molar refractivity (Wildman–Crippen MR) is 83.3 cm³/mol. The molecule has 18 heavy (non-hydrogen) atoms.